The van der Waals surface area contributed by atoms with Crippen LogP contribution in [0.5, 0.6) is 17.2 Å². The predicted molar refractivity (Wildman–Crippen MR) is 172 cm³/mol. The van der Waals surface area contributed by atoms with E-state index >= 15 is 0 Å². The normalized spacial score (nSPS) is 15.6. The molecule has 0 saturated carbocycles. The van der Waals surface area contributed by atoms with Gasteiger partial charge in [0.15, 0.2) is 16.6 Å². The molecule has 10 nitrogen and oxygen atoms in total. The van der Waals surface area contributed by atoms with Gasteiger partial charge >= 0.3 is 11.9 Å². The number of aromatic nitrogens is 1. The first kappa shape index (κ1) is 33.3. The number of hydrogen-bond donors (Lipinski definition) is 1. The molecule has 4 rings (SSSR count). The van der Waals surface area contributed by atoms with Crippen molar-refractivity contribution in [3.8, 4) is 17.2 Å². The van der Waals surface area contributed by atoms with Crippen molar-refractivity contribution in [2.75, 3.05) is 31.3 Å². The molecular formula is C34H38N2O8S. The topological polar surface area (TPSA) is 124 Å². The molecule has 1 fully saturated rings. The summed E-state index contributed by atoms with van der Waals surface area (Å²) in [6.07, 6.45) is 4.13. The van der Waals surface area contributed by atoms with Crippen molar-refractivity contribution in [2.24, 2.45) is 0 Å². The fraction of sp³-hybridized carbons (Fsp3) is 0.353. The highest BCUT2D eigenvalue weighted by molar-refractivity contribution is 7.17. The van der Waals surface area contributed by atoms with Crippen molar-refractivity contribution in [2.45, 2.75) is 53.0 Å². The number of hydrogen-bond acceptors (Lipinski definition) is 10. The minimum absolute atomic E-state index is 0.00507. The zero-order valence-corrected chi connectivity index (χ0v) is 26.8. The zero-order chi connectivity index (χ0) is 32.5. The van der Waals surface area contributed by atoms with Crippen LogP contribution < -0.4 is 19.1 Å². The van der Waals surface area contributed by atoms with E-state index in [4.69, 9.17) is 18.9 Å². The first-order valence-corrected chi connectivity index (χ1v) is 15.8. The van der Waals surface area contributed by atoms with Gasteiger partial charge in [-0.25, -0.2) is 9.78 Å². The molecule has 1 unspecified atom stereocenters. The van der Waals surface area contributed by atoms with Crippen LogP contribution in [0.2, 0.25) is 0 Å². The molecule has 3 aromatic rings. The van der Waals surface area contributed by atoms with Crippen molar-refractivity contribution in [1.82, 2.24) is 4.98 Å². The quantitative estimate of drug-likeness (QED) is 0.0481. The van der Waals surface area contributed by atoms with Gasteiger partial charge in [0.05, 0.1) is 37.1 Å². The Balaban J connectivity index is 1.85. The number of unbranched alkanes of at least 4 members (excludes halogenated alkanes) is 1. The second kappa shape index (κ2) is 15.4. The number of aryl methyl sites for hydroxylation is 1. The van der Waals surface area contributed by atoms with Gasteiger partial charge in [-0.3, -0.25) is 14.5 Å². The third kappa shape index (κ3) is 7.37. The smallest absolute Gasteiger partial charge is 0.350 e. The summed E-state index contributed by atoms with van der Waals surface area (Å²) in [7, 11) is 0. The molecule has 1 saturated heterocycles. The monoisotopic (exact) mass is 634 g/mol. The minimum Gasteiger partial charge on any atom is -0.507 e. The summed E-state index contributed by atoms with van der Waals surface area (Å²) in [5, 5.41) is 11.7. The molecule has 2 heterocycles. The lowest BCUT2D eigenvalue weighted by atomic mass is 9.95. The molecule has 0 spiro atoms. The second-order valence-electron chi connectivity index (χ2n) is 10.2. The number of thiazole rings is 1. The largest absolute Gasteiger partial charge is 0.507 e. The maximum absolute atomic E-state index is 13.7. The summed E-state index contributed by atoms with van der Waals surface area (Å²) in [5.74, 6) is -1.22. The third-order valence-corrected chi connectivity index (χ3v) is 8.03. The number of rotatable bonds is 15. The molecular weight excluding hydrogens is 596 g/mol. The van der Waals surface area contributed by atoms with Crippen LogP contribution in [0, 0.1) is 6.92 Å². The number of carbonyl (C=O) groups excluding carboxylic acids is 3. The van der Waals surface area contributed by atoms with Gasteiger partial charge in [0.1, 0.15) is 23.0 Å². The van der Waals surface area contributed by atoms with E-state index < -0.39 is 23.7 Å². The highest BCUT2D eigenvalue weighted by Gasteiger charge is 2.48. The number of benzene rings is 2. The zero-order valence-electron chi connectivity index (χ0n) is 26.0. The Morgan fingerprint density at radius 3 is 2.44 bits per heavy atom. The molecule has 1 N–H and O–H groups in total. The van der Waals surface area contributed by atoms with Gasteiger partial charge in [-0.2, -0.15) is 0 Å². The van der Waals surface area contributed by atoms with E-state index in [-0.39, 0.29) is 27.9 Å². The van der Waals surface area contributed by atoms with Crippen LogP contribution in [-0.4, -0.2) is 54.2 Å². The van der Waals surface area contributed by atoms with Crippen LogP contribution in [0.3, 0.4) is 0 Å². The number of aliphatic hydroxyl groups is 1. The average molecular weight is 635 g/mol. The molecule has 1 aliphatic rings. The predicted octanol–water partition coefficient (Wildman–Crippen LogP) is 6.79. The molecule has 0 radical (unpaired) electrons. The number of amides is 1. The maximum atomic E-state index is 13.7. The number of esters is 1. The first-order chi connectivity index (χ1) is 21.7. The van der Waals surface area contributed by atoms with E-state index in [1.165, 1.54) is 11.0 Å². The van der Waals surface area contributed by atoms with Gasteiger partial charge < -0.3 is 24.1 Å². The lowest BCUT2D eigenvalue weighted by Crippen LogP contribution is -2.29. The Labute approximate surface area is 266 Å². The van der Waals surface area contributed by atoms with Crippen molar-refractivity contribution in [3.63, 3.8) is 0 Å². The van der Waals surface area contributed by atoms with Crippen LogP contribution in [-0.2, 0) is 14.3 Å². The lowest BCUT2D eigenvalue weighted by Gasteiger charge is -2.24. The second-order valence-corrected chi connectivity index (χ2v) is 11.2. The highest BCUT2D eigenvalue weighted by Crippen LogP contribution is 2.45. The number of aliphatic hydroxyl groups excluding tert-OH is 1. The van der Waals surface area contributed by atoms with Crippen LogP contribution >= 0.6 is 11.3 Å². The summed E-state index contributed by atoms with van der Waals surface area (Å²) in [6, 6.07) is 10.7. The third-order valence-electron chi connectivity index (χ3n) is 6.89. The summed E-state index contributed by atoms with van der Waals surface area (Å²) in [6.45, 7) is 12.5. The molecule has 238 valence electrons. The minimum atomic E-state index is -1.09. The van der Waals surface area contributed by atoms with Gasteiger partial charge in [0.25, 0.3) is 5.78 Å². The van der Waals surface area contributed by atoms with Gasteiger partial charge in [0.2, 0.25) is 0 Å². The van der Waals surface area contributed by atoms with Crippen LogP contribution in [0.4, 0.5) is 5.13 Å². The molecule has 0 aliphatic carbocycles. The van der Waals surface area contributed by atoms with Crippen molar-refractivity contribution < 1.29 is 38.4 Å². The Kier molecular flexibility index (Phi) is 11.4. The van der Waals surface area contributed by atoms with Gasteiger partial charge in [-0.15, -0.1) is 0 Å². The summed E-state index contributed by atoms with van der Waals surface area (Å²) in [5.41, 5.74) is 1.01. The number of anilines is 1. The Morgan fingerprint density at radius 1 is 1.02 bits per heavy atom. The number of ether oxygens (including phenoxy) is 4. The fourth-order valence-electron chi connectivity index (χ4n) is 4.71. The highest BCUT2D eigenvalue weighted by atomic mass is 32.1. The molecule has 1 atom stereocenters. The number of carbonyl (C=O) groups is 3. The van der Waals surface area contributed by atoms with Gasteiger partial charge in [-0.1, -0.05) is 50.3 Å². The van der Waals surface area contributed by atoms with E-state index in [9.17, 15) is 19.5 Å². The molecule has 45 heavy (non-hydrogen) atoms. The van der Waals surface area contributed by atoms with Gasteiger partial charge in [-0.05, 0) is 68.7 Å². The van der Waals surface area contributed by atoms with E-state index in [0.29, 0.717) is 53.9 Å². The van der Waals surface area contributed by atoms with Crippen molar-refractivity contribution in [1.29, 1.82) is 0 Å². The molecule has 1 aromatic heterocycles. The van der Waals surface area contributed by atoms with Crippen LogP contribution in [0.15, 0.2) is 60.7 Å². The molecule has 0 bridgehead atoms. The summed E-state index contributed by atoms with van der Waals surface area (Å²) >= 11 is 0.925. The summed E-state index contributed by atoms with van der Waals surface area (Å²) < 4.78 is 22.7. The van der Waals surface area contributed by atoms with Crippen LogP contribution in [0.25, 0.3) is 5.76 Å². The average Bonchev–Trinajstić information content (AvgIpc) is 3.55. The van der Waals surface area contributed by atoms with E-state index in [2.05, 4.69) is 18.5 Å². The SMILES string of the molecule is C=CCOC(=O)c1sc(N2C(=O)C(=O)C(=C(O)c3ccc(OCCCC)cc3)C2c2ccc(OCCC)c(OCC)c2)nc1C. The van der Waals surface area contributed by atoms with Crippen molar-refractivity contribution >= 4 is 39.9 Å². The Morgan fingerprint density at radius 2 is 1.78 bits per heavy atom. The molecule has 1 amide bonds. The molecule has 2 aromatic carbocycles. The number of nitrogens with zero attached hydrogens (tertiary/aromatic N) is 2. The Hall–Kier alpha value is -4.64. The number of Topliss-reactive ketones (excluding diaryl/α,β-unsaturated/α-hetero) is 1. The van der Waals surface area contributed by atoms with Gasteiger partial charge in [0, 0.05) is 5.56 Å². The van der Waals surface area contributed by atoms with E-state index in [0.717, 1.165) is 30.6 Å². The number of ketones is 1. The van der Waals surface area contributed by atoms with Crippen molar-refractivity contribution in [3.05, 3.63) is 82.4 Å². The van der Waals surface area contributed by atoms with Crippen LogP contribution in [0.1, 0.15) is 72.6 Å². The first-order valence-electron chi connectivity index (χ1n) is 14.9. The standard InChI is InChI=1S/C34H38N2O8S/c1-6-10-19-42-24-14-11-22(12-15-24)29(37)27-28(23-13-16-25(43-17-7-2)26(20-23)41-9-4)36(32(39)30(27)38)34-35-21(5)31(45-34)33(40)44-18-8-3/h8,11-16,20,28,37H,3,6-7,9-10,17-19H2,1-2,4-5H3. The summed E-state index contributed by atoms with van der Waals surface area (Å²) in [4.78, 5) is 46.0. The van der Waals surface area contributed by atoms with E-state index in [1.807, 2.05) is 13.8 Å². The molecule has 1 aliphatic heterocycles. The maximum Gasteiger partial charge on any atom is 0.350 e. The Bertz CT molecular complexity index is 1580. The molecule has 11 heteroatoms. The lowest BCUT2D eigenvalue weighted by molar-refractivity contribution is -0.132. The fourth-order valence-corrected chi connectivity index (χ4v) is 5.70. The van der Waals surface area contributed by atoms with E-state index in [1.54, 1.807) is 49.4 Å².